The molecule has 7 heteroatoms. The number of carbonyl (C=O) groups is 1. The Bertz CT molecular complexity index is 1230. The second-order valence-corrected chi connectivity index (χ2v) is 8.28. The van der Waals surface area contributed by atoms with Gasteiger partial charge >= 0.3 is 0 Å². The summed E-state index contributed by atoms with van der Waals surface area (Å²) >= 11 is 0. The highest BCUT2D eigenvalue weighted by Crippen LogP contribution is 2.28. The number of aromatic nitrogens is 1. The fourth-order valence-electron chi connectivity index (χ4n) is 4.24. The van der Waals surface area contributed by atoms with E-state index in [1.54, 1.807) is 32.4 Å². The van der Waals surface area contributed by atoms with Crippen molar-refractivity contribution in [3.63, 3.8) is 0 Å². The Hall–Kier alpha value is -3.79. The van der Waals surface area contributed by atoms with Crippen molar-refractivity contribution in [1.29, 1.82) is 5.26 Å². The molecular weight excluding hydrogens is 416 g/mol. The third-order valence-corrected chi connectivity index (χ3v) is 6.29. The van der Waals surface area contributed by atoms with E-state index in [0.29, 0.717) is 48.1 Å². The van der Waals surface area contributed by atoms with Gasteiger partial charge in [-0.2, -0.15) is 5.26 Å². The molecule has 2 heterocycles. The van der Waals surface area contributed by atoms with E-state index in [-0.39, 0.29) is 5.91 Å². The minimum absolute atomic E-state index is 0.0625. The van der Waals surface area contributed by atoms with Gasteiger partial charge in [0.15, 0.2) is 0 Å². The molecule has 0 spiro atoms. The van der Waals surface area contributed by atoms with Crippen molar-refractivity contribution in [2.45, 2.75) is 20.3 Å². The SMILES string of the molecule is COc1cc(OC)cc(C(=O)N2CCCN(c3nc4c(C)c(C)ccc4cc3C#N)CC2)c1. The van der Waals surface area contributed by atoms with E-state index in [9.17, 15) is 10.1 Å². The Morgan fingerprint density at radius 2 is 1.73 bits per heavy atom. The molecule has 0 N–H and O–H groups in total. The van der Waals surface area contributed by atoms with Gasteiger partial charge in [0.2, 0.25) is 0 Å². The summed E-state index contributed by atoms with van der Waals surface area (Å²) in [5, 5.41) is 10.8. The molecule has 1 aromatic heterocycles. The molecular formula is C26H28N4O3. The first-order chi connectivity index (χ1) is 15.9. The fourth-order valence-corrected chi connectivity index (χ4v) is 4.24. The highest BCUT2D eigenvalue weighted by atomic mass is 16.5. The zero-order valence-corrected chi connectivity index (χ0v) is 19.5. The summed E-state index contributed by atoms with van der Waals surface area (Å²) in [6.07, 6.45) is 0.782. The maximum Gasteiger partial charge on any atom is 0.254 e. The van der Waals surface area contributed by atoms with Crippen molar-refractivity contribution < 1.29 is 14.3 Å². The minimum Gasteiger partial charge on any atom is -0.497 e. The van der Waals surface area contributed by atoms with Crippen LogP contribution in [0.1, 0.15) is 33.5 Å². The zero-order chi connectivity index (χ0) is 23.5. The molecule has 0 unspecified atom stereocenters. The van der Waals surface area contributed by atoms with E-state index in [4.69, 9.17) is 14.5 Å². The predicted molar refractivity (Wildman–Crippen MR) is 128 cm³/mol. The number of hydrogen-bond acceptors (Lipinski definition) is 6. The first-order valence-electron chi connectivity index (χ1n) is 11.0. The highest BCUT2D eigenvalue weighted by molar-refractivity contribution is 5.95. The van der Waals surface area contributed by atoms with Crippen LogP contribution in [0.3, 0.4) is 0 Å². The number of anilines is 1. The van der Waals surface area contributed by atoms with Crippen LogP contribution in [-0.2, 0) is 0 Å². The quantitative estimate of drug-likeness (QED) is 0.603. The molecule has 1 aliphatic heterocycles. The highest BCUT2D eigenvalue weighted by Gasteiger charge is 2.24. The fraction of sp³-hybridized carbons (Fsp3) is 0.346. The van der Waals surface area contributed by atoms with E-state index >= 15 is 0 Å². The molecule has 1 amide bonds. The maximum absolute atomic E-state index is 13.2. The molecule has 170 valence electrons. The average molecular weight is 445 g/mol. The number of benzene rings is 2. The lowest BCUT2D eigenvalue weighted by Crippen LogP contribution is -2.35. The number of hydrogen-bond donors (Lipinski definition) is 0. The summed E-state index contributed by atoms with van der Waals surface area (Å²) in [6.45, 7) is 6.62. The molecule has 1 aliphatic rings. The van der Waals surface area contributed by atoms with Gasteiger partial charge in [0.25, 0.3) is 5.91 Å². The van der Waals surface area contributed by atoms with Crippen LogP contribution in [0, 0.1) is 25.2 Å². The monoisotopic (exact) mass is 444 g/mol. The number of nitriles is 1. The van der Waals surface area contributed by atoms with Crippen molar-refractivity contribution in [3.8, 4) is 17.6 Å². The molecule has 3 aromatic rings. The maximum atomic E-state index is 13.2. The molecule has 2 aromatic carbocycles. The van der Waals surface area contributed by atoms with Crippen molar-refractivity contribution in [2.75, 3.05) is 45.3 Å². The Balaban J connectivity index is 1.60. The van der Waals surface area contributed by atoms with E-state index in [1.165, 1.54) is 5.56 Å². The molecule has 1 saturated heterocycles. The predicted octanol–water partition coefficient (Wildman–Crippen LogP) is 4.09. The van der Waals surface area contributed by atoms with E-state index in [2.05, 4.69) is 30.9 Å². The lowest BCUT2D eigenvalue weighted by Gasteiger charge is -2.24. The van der Waals surface area contributed by atoms with Crippen LogP contribution in [-0.4, -0.2) is 56.2 Å². The number of methoxy groups -OCH3 is 2. The molecule has 4 rings (SSSR count). The number of nitrogens with zero attached hydrogens (tertiary/aromatic N) is 4. The summed E-state index contributed by atoms with van der Waals surface area (Å²) in [5.41, 5.74) is 4.31. The van der Waals surface area contributed by atoms with Gasteiger partial charge in [-0.15, -0.1) is 0 Å². The summed E-state index contributed by atoms with van der Waals surface area (Å²) in [5.74, 6) is 1.79. The van der Waals surface area contributed by atoms with Gasteiger partial charge in [-0.1, -0.05) is 12.1 Å². The van der Waals surface area contributed by atoms with Crippen molar-refractivity contribution >= 4 is 22.6 Å². The number of amides is 1. The van der Waals surface area contributed by atoms with Crippen LogP contribution in [0.15, 0.2) is 36.4 Å². The van der Waals surface area contributed by atoms with Crippen LogP contribution in [0.25, 0.3) is 10.9 Å². The first-order valence-corrected chi connectivity index (χ1v) is 11.0. The van der Waals surface area contributed by atoms with Gasteiger partial charge in [0, 0.05) is 43.2 Å². The Morgan fingerprint density at radius 1 is 1.00 bits per heavy atom. The second kappa shape index (κ2) is 9.37. The second-order valence-electron chi connectivity index (χ2n) is 8.28. The smallest absolute Gasteiger partial charge is 0.254 e. The van der Waals surface area contributed by atoms with Crippen molar-refractivity contribution in [3.05, 3.63) is 58.7 Å². The summed E-state index contributed by atoms with van der Waals surface area (Å²) in [4.78, 5) is 22.1. The third-order valence-electron chi connectivity index (χ3n) is 6.29. The lowest BCUT2D eigenvalue weighted by atomic mass is 10.0. The molecule has 0 atom stereocenters. The zero-order valence-electron chi connectivity index (χ0n) is 19.5. The average Bonchev–Trinajstić information content (AvgIpc) is 3.11. The summed E-state index contributed by atoms with van der Waals surface area (Å²) in [7, 11) is 3.14. The van der Waals surface area contributed by atoms with Crippen molar-refractivity contribution in [1.82, 2.24) is 9.88 Å². The summed E-state index contributed by atoms with van der Waals surface area (Å²) < 4.78 is 10.6. The van der Waals surface area contributed by atoms with Crippen LogP contribution in [0.4, 0.5) is 5.82 Å². The number of ether oxygens (including phenoxy) is 2. The lowest BCUT2D eigenvalue weighted by molar-refractivity contribution is 0.0766. The van der Waals surface area contributed by atoms with E-state index in [0.717, 1.165) is 29.4 Å². The standard InChI is InChI=1S/C26H28N4O3/c1-17-6-7-19-12-21(16-27)25(28-24(19)18(17)2)29-8-5-9-30(11-10-29)26(31)20-13-22(32-3)15-23(14-20)33-4/h6-7,12-15H,5,8-11H2,1-4H3. The largest absolute Gasteiger partial charge is 0.497 e. The van der Waals surface area contributed by atoms with Gasteiger partial charge in [0.05, 0.1) is 25.3 Å². The molecule has 1 fully saturated rings. The number of rotatable bonds is 4. The Morgan fingerprint density at radius 3 is 2.39 bits per heavy atom. The number of carbonyl (C=O) groups excluding carboxylic acids is 1. The first kappa shape index (κ1) is 22.4. The summed E-state index contributed by atoms with van der Waals surface area (Å²) in [6, 6.07) is 13.5. The minimum atomic E-state index is -0.0625. The Labute approximate surface area is 194 Å². The van der Waals surface area contributed by atoms with Gasteiger partial charge < -0.3 is 19.3 Å². The molecule has 0 radical (unpaired) electrons. The number of fused-ring (bicyclic) bond motifs is 1. The van der Waals surface area contributed by atoms with E-state index in [1.807, 2.05) is 17.0 Å². The normalized spacial score (nSPS) is 14.0. The molecule has 0 aliphatic carbocycles. The topological polar surface area (TPSA) is 78.7 Å². The number of aryl methyl sites for hydroxylation is 2. The molecule has 0 saturated carbocycles. The molecule has 7 nitrogen and oxygen atoms in total. The van der Waals surface area contributed by atoms with Crippen molar-refractivity contribution in [2.24, 2.45) is 0 Å². The number of pyridine rings is 1. The van der Waals surface area contributed by atoms with Crippen LogP contribution in [0.2, 0.25) is 0 Å². The third kappa shape index (κ3) is 4.42. The molecule has 0 bridgehead atoms. The van der Waals surface area contributed by atoms with Crippen LogP contribution >= 0.6 is 0 Å². The van der Waals surface area contributed by atoms with Gasteiger partial charge in [-0.3, -0.25) is 4.79 Å². The van der Waals surface area contributed by atoms with Crippen LogP contribution in [0.5, 0.6) is 11.5 Å². The Kier molecular flexibility index (Phi) is 6.36. The van der Waals surface area contributed by atoms with Gasteiger partial charge in [0.1, 0.15) is 23.4 Å². The van der Waals surface area contributed by atoms with Gasteiger partial charge in [-0.05, 0) is 49.6 Å². The van der Waals surface area contributed by atoms with Gasteiger partial charge in [-0.25, -0.2) is 4.98 Å². The van der Waals surface area contributed by atoms with Crippen LogP contribution < -0.4 is 14.4 Å². The molecule has 33 heavy (non-hydrogen) atoms. The van der Waals surface area contributed by atoms with E-state index < -0.39 is 0 Å².